The van der Waals surface area contributed by atoms with Crippen LogP contribution >= 0.6 is 0 Å². The summed E-state index contributed by atoms with van der Waals surface area (Å²) in [5.74, 6) is 0.288. The largest absolute Gasteiger partial charge is 0.377 e. The number of ether oxygens (including phenoxy) is 1. The van der Waals surface area contributed by atoms with Crippen LogP contribution in [0.5, 0.6) is 0 Å². The molecule has 0 saturated carbocycles. The van der Waals surface area contributed by atoms with Crippen molar-refractivity contribution < 1.29 is 9.53 Å². The first-order valence-electron chi connectivity index (χ1n) is 6.57. The van der Waals surface area contributed by atoms with Gasteiger partial charge < -0.3 is 10.5 Å². The van der Waals surface area contributed by atoms with Crippen LogP contribution in [0.4, 0.5) is 0 Å². The highest BCUT2D eigenvalue weighted by atomic mass is 16.5. The molecule has 0 aromatic heterocycles. The lowest BCUT2D eigenvalue weighted by Crippen LogP contribution is -2.16. The summed E-state index contributed by atoms with van der Waals surface area (Å²) in [5, 5.41) is 0. The van der Waals surface area contributed by atoms with E-state index in [-0.39, 0.29) is 11.8 Å². The molecule has 18 heavy (non-hydrogen) atoms. The van der Waals surface area contributed by atoms with Crippen molar-refractivity contribution in [2.75, 3.05) is 6.61 Å². The van der Waals surface area contributed by atoms with Gasteiger partial charge in [-0.3, -0.25) is 4.79 Å². The molecular weight excluding hydrogens is 226 g/mol. The van der Waals surface area contributed by atoms with Crippen molar-refractivity contribution >= 4 is 5.78 Å². The summed E-state index contributed by atoms with van der Waals surface area (Å²) < 4.78 is 5.52. The number of ketones is 1. The maximum atomic E-state index is 11.5. The average Bonchev–Trinajstić information content (AvgIpc) is 2.37. The minimum Gasteiger partial charge on any atom is -0.377 e. The fourth-order valence-corrected chi connectivity index (χ4v) is 1.65. The summed E-state index contributed by atoms with van der Waals surface area (Å²) >= 11 is 0. The van der Waals surface area contributed by atoms with Gasteiger partial charge in [0.2, 0.25) is 0 Å². The van der Waals surface area contributed by atoms with E-state index in [1.165, 1.54) is 5.56 Å². The lowest BCUT2D eigenvalue weighted by atomic mass is 10.1. The topological polar surface area (TPSA) is 52.3 Å². The molecule has 0 aliphatic heterocycles. The second kappa shape index (κ2) is 8.84. The van der Waals surface area contributed by atoms with Gasteiger partial charge in [-0.25, -0.2) is 0 Å². The van der Waals surface area contributed by atoms with Gasteiger partial charge in [-0.05, 0) is 25.3 Å². The molecule has 0 aliphatic rings. The molecule has 0 heterocycles. The summed E-state index contributed by atoms with van der Waals surface area (Å²) in [4.78, 5) is 11.5. The second-order valence-corrected chi connectivity index (χ2v) is 4.70. The number of carbonyl (C=O) groups is 1. The van der Waals surface area contributed by atoms with Gasteiger partial charge in [-0.15, -0.1) is 0 Å². The molecular formula is C15H23NO2. The third-order valence-corrected chi connectivity index (χ3v) is 2.73. The zero-order valence-corrected chi connectivity index (χ0v) is 11.1. The lowest BCUT2D eigenvalue weighted by Gasteiger charge is -2.05. The maximum Gasteiger partial charge on any atom is 0.133 e. The lowest BCUT2D eigenvalue weighted by molar-refractivity contribution is -0.119. The molecule has 100 valence electrons. The third-order valence-electron chi connectivity index (χ3n) is 2.73. The highest BCUT2D eigenvalue weighted by Crippen LogP contribution is 2.04. The number of benzene rings is 1. The molecule has 0 bridgehead atoms. The molecule has 1 atom stereocenters. The minimum atomic E-state index is 0.114. The fourth-order valence-electron chi connectivity index (χ4n) is 1.65. The van der Waals surface area contributed by atoms with E-state index in [0.717, 1.165) is 12.8 Å². The normalized spacial score (nSPS) is 12.3. The zero-order chi connectivity index (χ0) is 13.2. The van der Waals surface area contributed by atoms with E-state index in [9.17, 15) is 4.79 Å². The number of nitrogens with two attached hydrogens (primary N) is 1. The Morgan fingerprint density at radius 2 is 2.00 bits per heavy atom. The Labute approximate surface area is 109 Å². The number of Topliss-reactive ketones (excluding diaryl/α,β-unsaturated/α-hetero) is 1. The van der Waals surface area contributed by atoms with Crippen LogP contribution in [-0.4, -0.2) is 18.4 Å². The highest BCUT2D eigenvalue weighted by Gasteiger charge is 2.03. The molecule has 1 aromatic rings. The van der Waals surface area contributed by atoms with E-state index in [1.54, 1.807) is 0 Å². The molecule has 0 saturated heterocycles. The fraction of sp³-hybridized carbons (Fsp3) is 0.533. The predicted molar refractivity (Wildman–Crippen MR) is 73.2 cm³/mol. The molecule has 0 amide bonds. The van der Waals surface area contributed by atoms with Crippen molar-refractivity contribution in [1.82, 2.24) is 0 Å². The van der Waals surface area contributed by atoms with E-state index in [0.29, 0.717) is 26.1 Å². The monoisotopic (exact) mass is 249 g/mol. The van der Waals surface area contributed by atoms with Gasteiger partial charge in [0.25, 0.3) is 0 Å². The van der Waals surface area contributed by atoms with Gasteiger partial charge in [0.15, 0.2) is 0 Å². The molecule has 2 N–H and O–H groups in total. The van der Waals surface area contributed by atoms with Crippen LogP contribution in [0.3, 0.4) is 0 Å². The Morgan fingerprint density at radius 3 is 2.67 bits per heavy atom. The molecule has 1 rings (SSSR count). The number of hydrogen-bond acceptors (Lipinski definition) is 3. The smallest absolute Gasteiger partial charge is 0.133 e. The molecule has 1 unspecified atom stereocenters. The Bertz CT molecular complexity index is 336. The van der Waals surface area contributed by atoms with Crippen molar-refractivity contribution in [3.05, 3.63) is 35.9 Å². The van der Waals surface area contributed by atoms with Gasteiger partial charge in [0.05, 0.1) is 6.61 Å². The number of rotatable bonds is 9. The molecule has 1 aromatic carbocycles. The average molecular weight is 249 g/mol. The first kappa shape index (κ1) is 14.9. The molecule has 3 nitrogen and oxygen atoms in total. The summed E-state index contributed by atoms with van der Waals surface area (Å²) in [6.07, 6.45) is 2.77. The van der Waals surface area contributed by atoms with Gasteiger partial charge in [0, 0.05) is 25.5 Å². The quantitative estimate of drug-likeness (QED) is 0.685. The van der Waals surface area contributed by atoms with Crippen molar-refractivity contribution in [3.8, 4) is 0 Å². The van der Waals surface area contributed by atoms with Crippen LogP contribution in [0.2, 0.25) is 0 Å². The van der Waals surface area contributed by atoms with Crippen LogP contribution < -0.4 is 5.73 Å². The molecule has 3 heteroatoms. The summed E-state index contributed by atoms with van der Waals surface area (Å²) in [6, 6.07) is 10.2. The van der Waals surface area contributed by atoms with Crippen LogP contribution in [0.1, 0.15) is 38.2 Å². The van der Waals surface area contributed by atoms with E-state index >= 15 is 0 Å². The van der Waals surface area contributed by atoms with E-state index < -0.39 is 0 Å². The Morgan fingerprint density at radius 1 is 1.28 bits per heavy atom. The van der Waals surface area contributed by atoms with Crippen molar-refractivity contribution in [2.45, 2.75) is 45.3 Å². The maximum absolute atomic E-state index is 11.5. The number of carbonyl (C=O) groups excluding carboxylic acids is 1. The first-order valence-corrected chi connectivity index (χ1v) is 6.57. The van der Waals surface area contributed by atoms with Crippen molar-refractivity contribution in [1.29, 1.82) is 0 Å². The Balaban J connectivity index is 2.00. The van der Waals surface area contributed by atoms with Crippen LogP contribution in [-0.2, 0) is 16.1 Å². The molecule has 0 fully saturated rings. The van der Waals surface area contributed by atoms with Gasteiger partial charge in [-0.2, -0.15) is 0 Å². The third kappa shape index (κ3) is 7.20. The summed E-state index contributed by atoms with van der Waals surface area (Å²) in [5.41, 5.74) is 6.77. The van der Waals surface area contributed by atoms with Crippen LogP contribution in [0, 0.1) is 0 Å². The molecule has 0 spiro atoms. The summed E-state index contributed by atoms with van der Waals surface area (Å²) in [7, 11) is 0. The van der Waals surface area contributed by atoms with Crippen LogP contribution in [0.15, 0.2) is 30.3 Å². The SMILES string of the molecule is CC(N)CCC(=O)CCCOCc1ccccc1. The number of hydrogen-bond donors (Lipinski definition) is 1. The zero-order valence-electron chi connectivity index (χ0n) is 11.1. The van der Waals surface area contributed by atoms with Gasteiger partial charge in [0.1, 0.15) is 5.78 Å². The second-order valence-electron chi connectivity index (χ2n) is 4.70. The Kier molecular flexibility index (Phi) is 7.30. The highest BCUT2D eigenvalue weighted by molar-refractivity contribution is 5.78. The van der Waals surface area contributed by atoms with E-state index in [2.05, 4.69) is 0 Å². The van der Waals surface area contributed by atoms with E-state index in [1.807, 2.05) is 37.3 Å². The standard InChI is InChI=1S/C15H23NO2/c1-13(16)9-10-15(17)8-5-11-18-12-14-6-3-2-4-7-14/h2-4,6-7,13H,5,8-12,16H2,1H3. The van der Waals surface area contributed by atoms with Gasteiger partial charge >= 0.3 is 0 Å². The first-order chi connectivity index (χ1) is 8.68. The van der Waals surface area contributed by atoms with Crippen LogP contribution in [0.25, 0.3) is 0 Å². The van der Waals surface area contributed by atoms with Crippen molar-refractivity contribution in [2.24, 2.45) is 5.73 Å². The molecule has 0 aliphatic carbocycles. The van der Waals surface area contributed by atoms with Gasteiger partial charge in [-0.1, -0.05) is 30.3 Å². The Hall–Kier alpha value is -1.19. The van der Waals surface area contributed by atoms with Crippen molar-refractivity contribution in [3.63, 3.8) is 0 Å². The molecule has 0 radical (unpaired) electrons. The predicted octanol–water partition coefficient (Wildman–Crippen LogP) is 2.68. The summed E-state index contributed by atoms with van der Waals surface area (Å²) in [6.45, 7) is 3.18. The van der Waals surface area contributed by atoms with E-state index in [4.69, 9.17) is 10.5 Å². The minimum absolute atomic E-state index is 0.114.